The first kappa shape index (κ1) is 26.7. The molecule has 0 saturated heterocycles. The molecule has 1 aliphatic heterocycles. The molecule has 1 unspecified atom stereocenters. The largest absolute Gasteiger partial charge is 0.491 e. The Labute approximate surface area is 221 Å². The van der Waals surface area contributed by atoms with Crippen LogP contribution < -0.4 is 10.1 Å². The summed E-state index contributed by atoms with van der Waals surface area (Å²) >= 11 is 6.21. The molecule has 0 bridgehead atoms. The maximum atomic E-state index is 12.8. The molecule has 1 heterocycles. The fourth-order valence-electron chi connectivity index (χ4n) is 4.56. The molecule has 0 aromatic heterocycles. The third-order valence-corrected chi connectivity index (χ3v) is 8.43. The van der Waals surface area contributed by atoms with Gasteiger partial charge in [-0.1, -0.05) is 67.7 Å². The number of hydrogen-bond acceptors (Lipinski definition) is 5. The zero-order valence-electron chi connectivity index (χ0n) is 21.0. The van der Waals surface area contributed by atoms with Crippen LogP contribution in [0.15, 0.2) is 52.9 Å². The van der Waals surface area contributed by atoms with Crippen LogP contribution >= 0.6 is 11.6 Å². The molecular weight excluding hydrogens is 492 g/mol. The van der Waals surface area contributed by atoms with Gasteiger partial charge in [-0.15, -0.1) is 0 Å². The van der Waals surface area contributed by atoms with Gasteiger partial charge in [0.25, 0.3) is 5.91 Å². The smallest absolute Gasteiger partial charge is 0.254 e. The van der Waals surface area contributed by atoms with Crippen LogP contribution in [-0.2, 0) is 27.8 Å². The molecule has 194 valence electrons. The minimum Gasteiger partial charge on any atom is -0.491 e. The third kappa shape index (κ3) is 7.84. The van der Waals surface area contributed by atoms with E-state index in [4.69, 9.17) is 16.3 Å². The van der Waals surface area contributed by atoms with Crippen molar-refractivity contribution < 1.29 is 13.7 Å². The molecule has 5 nitrogen and oxygen atoms in total. The Bertz CT molecular complexity index is 1170. The second-order valence-electron chi connectivity index (χ2n) is 10.0. The zero-order chi connectivity index (χ0) is 25.3. The summed E-state index contributed by atoms with van der Waals surface area (Å²) in [6.07, 6.45) is 13.4. The standard InChI is InChI=1S/C29H36ClN2O3S/c1-21(7-2-3-8-22-9-6-10-22)20-36(34)32-29(33)24-13-15-28-27(18-24)31-19-25-12-14-26(30)17-23(25)11-4-5-16-35-28/h2-3,12-15,17-18,21-22,31H,4-11,16,19-20H2,1H3/q-1. The van der Waals surface area contributed by atoms with Gasteiger partial charge in [0.05, 0.1) is 12.3 Å². The molecule has 36 heavy (non-hydrogen) atoms. The molecule has 1 aliphatic carbocycles. The normalized spacial score (nSPS) is 18.2. The van der Waals surface area contributed by atoms with Crippen LogP contribution in [0, 0.1) is 11.8 Å². The Kier molecular flexibility index (Phi) is 9.88. The van der Waals surface area contributed by atoms with E-state index in [2.05, 4.69) is 28.8 Å². The van der Waals surface area contributed by atoms with Gasteiger partial charge in [-0.05, 0) is 79.5 Å². The molecule has 1 atom stereocenters. The first-order chi connectivity index (χ1) is 17.5. The van der Waals surface area contributed by atoms with Crippen molar-refractivity contribution in [2.24, 2.45) is 16.2 Å². The molecule has 4 rings (SSSR count). The Morgan fingerprint density at radius 3 is 2.83 bits per heavy atom. The lowest BCUT2D eigenvalue weighted by molar-refractivity contribution is 0.100. The SMILES string of the molecule is CC(CC=CCC1CCC1)C[S-](=O)=NC(=O)c1ccc2c(c1)NCc1ccc(Cl)cc1CCCCO2. The summed E-state index contributed by atoms with van der Waals surface area (Å²) < 4.78 is 22.5. The highest BCUT2D eigenvalue weighted by Gasteiger charge is 2.15. The van der Waals surface area contributed by atoms with Gasteiger partial charge in [-0.2, -0.15) is 10.6 Å². The summed E-state index contributed by atoms with van der Waals surface area (Å²) in [5.41, 5.74) is 3.53. The number of hydrogen-bond donors (Lipinski definition) is 1. The lowest BCUT2D eigenvalue weighted by atomic mass is 9.83. The van der Waals surface area contributed by atoms with Gasteiger partial charge in [0, 0.05) is 17.1 Å². The lowest BCUT2D eigenvalue weighted by Crippen LogP contribution is -2.09. The topological polar surface area (TPSA) is 67.8 Å². The molecule has 2 aliphatic rings. The summed E-state index contributed by atoms with van der Waals surface area (Å²) in [6, 6.07) is 11.2. The van der Waals surface area contributed by atoms with E-state index in [1.54, 1.807) is 18.2 Å². The molecule has 7 heteroatoms. The van der Waals surface area contributed by atoms with E-state index in [-0.39, 0.29) is 5.92 Å². The number of rotatable bonds is 7. The number of carbonyl (C=O) groups excluding carboxylic acids is 1. The van der Waals surface area contributed by atoms with Crippen molar-refractivity contribution in [3.05, 3.63) is 70.3 Å². The van der Waals surface area contributed by atoms with Gasteiger partial charge in [-0.25, -0.2) is 0 Å². The van der Waals surface area contributed by atoms with Crippen LogP contribution in [-0.4, -0.2) is 18.3 Å². The van der Waals surface area contributed by atoms with Crippen LogP contribution in [0.5, 0.6) is 5.75 Å². The van der Waals surface area contributed by atoms with E-state index in [0.29, 0.717) is 30.2 Å². The van der Waals surface area contributed by atoms with Crippen LogP contribution in [0.2, 0.25) is 5.02 Å². The van der Waals surface area contributed by atoms with Gasteiger partial charge in [-0.3, -0.25) is 4.79 Å². The predicted octanol–water partition coefficient (Wildman–Crippen LogP) is 7.73. The Morgan fingerprint density at radius 1 is 1.17 bits per heavy atom. The Balaban J connectivity index is 1.40. The van der Waals surface area contributed by atoms with Crippen molar-refractivity contribution in [2.75, 3.05) is 17.7 Å². The van der Waals surface area contributed by atoms with Crippen LogP contribution in [0.25, 0.3) is 0 Å². The molecule has 1 N–H and O–H groups in total. The summed E-state index contributed by atoms with van der Waals surface area (Å²) in [6.45, 7) is 3.24. The van der Waals surface area contributed by atoms with Crippen molar-refractivity contribution in [3.8, 4) is 5.75 Å². The summed E-state index contributed by atoms with van der Waals surface area (Å²) in [5.74, 6) is 1.68. The maximum Gasteiger partial charge on any atom is 0.254 e. The van der Waals surface area contributed by atoms with E-state index >= 15 is 0 Å². The summed E-state index contributed by atoms with van der Waals surface area (Å²) in [5, 5.41) is 4.15. The van der Waals surface area contributed by atoms with Gasteiger partial charge >= 0.3 is 0 Å². The molecule has 1 saturated carbocycles. The van der Waals surface area contributed by atoms with Crippen molar-refractivity contribution in [1.29, 1.82) is 0 Å². The highest BCUT2D eigenvalue weighted by Crippen LogP contribution is 2.30. The minimum absolute atomic E-state index is 0.205. The summed E-state index contributed by atoms with van der Waals surface area (Å²) in [4.78, 5) is 12.8. The van der Waals surface area contributed by atoms with Crippen molar-refractivity contribution >= 4 is 33.8 Å². The molecule has 0 spiro atoms. The molecule has 0 radical (unpaired) electrons. The van der Waals surface area contributed by atoms with Gasteiger partial charge in [0.1, 0.15) is 5.75 Å². The average molecular weight is 528 g/mol. The van der Waals surface area contributed by atoms with E-state index in [1.807, 2.05) is 18.2 Å². The van der Waals surface area contributed by atoms with Crippen molar-refractivity contribution in [2.45, 2.75) is 64.8 Å². The van der Waals surface area contributed by atoms with E-state index in [1.165, 1.54) is 30.4 Å². The highest BCUT2D eigenvalue weighted by molar-refractivity contribution is 7.75. The number of carbonyl (C=O) groups is 1. The van der Waals surface area contributed by atoms with Crippen molar-refractivity contribution in [3.63, 3.8) is 0 Å². The second kappa shape index (κ2) is 13.3. The van der Waals surface area contributed by atoms with E-state index in [9.17, 15) is 9.00 Å². The zero-order valence-corrected chi connectivity index (χ0v) is 22.6. The number of benzene rings is 2. The highest BCUT2D eigenvalue weighted by atomic mass is 35.5. The van der Waals surface area contributed by atoms with Crippen LogP contribution in [0.3, 0.4) is 0 Å². The molecule has 1 amide bonds. The quantitative estimate of drug-likeness (QED) is 0.295. The first-order valence-corrected chi connectivity index (χ1v) is 14.7. The fourth-order valence-corrected chi connectivity index (χ4v) is 5.74. The number of nitrogens with one attached hydrogen (secondary N) is 1. The average Bonchev–Trinajstić information content (AvgIpc) is 2.85. The Hall–Kier alpha value is -2.31. The molecule has 2 aromatic carbocycles. The predicted molar refractivity (Wildman–Crippen MR) is 148 cm³/mol. The third-order valence-electron chi connectivity index (χ3n) is 6.97. The van der Waals surface area contributed by atoms with Crippen LogP contribution in [0.1, 0.15) is 73.4 Å². The summed E-state index contributed by atoms with van der Waals surface area (Å²) in [7, 11) is -1.56. The molecular formula is C29H36ClN2O3S-. The number of fused-ring (bicyclic) bond motifs is 2. The molecule has 1 fully saturated rings. The number of aryl methyl sites for hydroxylation is 1. The van der Waals surface area contributed by atoms with E-state index in [0.717, 1.165) is 48.7 Å². The molecule has 2 aromatic rings. The monoisotopic (exact) mass is 527 g/mol. The second-order valence-corrected chi connectivity index (χ2v) is 11.6. The maximum absolute atomic E-state index is 12.8. The number of allylic oxidation sites excluding steroid dienone is 2. The van der Waals surface area contributed by atoms with E-state index < -0.39 is 16.5 Å². The number of amides is 1. The number of nitrogens with zero attached hydrogens (tertiary/aromatic N) is 1. The van der Waals surface area contributed by atoms with Gasteiger partial charge in [0.2, 0.25) is 0 Å². The Morgan fingerprint density at radius 2 is 2.03 bits per heavy atom. The van der Waals surface area contributed by atoms with Gasteiger partial charge in [0.15, 0.2) is 0 Å². The van der Waals surface area contributed by atoms with Crippen LogP contribution in [0.4, 0.5) is 5.69 Å². The minimum atomic E-state index is -1.56. The number of anilines is 1. The first-order valence-electron chi connectivity index (χ1n) is 13.1. The number of halogens is 1. The van der Waals surface area contributed by atoms with Gasteiger partial charge < -0.3 is 18.6 Å². The number of ether oxygens (including phenoxy) is 1. The van der Waals surface area contributed by atoms with Crippen molar-refractivity contribution in [1.82, 2.24) is 0 Å². The fraction of sp³-hybridized carbons (Fsp3) is 0.483. The lowest BCUT2D eigenvalue weighted by Gasteiger charge is -2.23.